The largest absolute Gasteiger partial charge is 0.444 e. The first kappa shape index (κ1) is 46.8. The maximum absolute atomic E-state index is 14.1. The molecule has 4 aliphatic heterocycles. The SMILES string of the molecule is CC(C)[C@H](NC(=O)OC(C)(C)C)C(=O)N1CCC[C@@H]1c1ncc(-c2ccc(-c3ccc(-c4cnc([C@@H]5CCCN5C(=O)[C@H](NC(=O)OC(C)(C)C)C(C)C)[nH]4)cc3)c3c2C2CCC3N2C)[nH]1. The first-order chi connectivity index (χ1) is 31.2. The predicted molar refractivity (Wildman–Crippen MR) is 253 cm³/mol. The van der Waals surface area contributed by atoms with Gasteiger partial charge in [0.15, 0.2) is 0 Å². The standard InChI is InChI=1S/C51H69N9O6/c1-28(2)42(56-48(63)65-50(5,6)7)46(61)59-24-12-14-38(59)44-52-26-34(54-44)31-18-16-30(17-19-31)32-20-21-33(41-37-23-22-36(40(32)41)58(37)11)35-27-53-45(55-35)39-15-13-25-60(39)47(62)43(29(3)4)57-49(64)66-51(8,9)10/h16-21,26-29,36-39,42-43H,12-15,22-25H2,1-11H3,(H,52,54)(H,53,55)(H,56,63)(H,57,64)/t36?,37?,38-,39+,42+,43-/m0/s1. The Bertz CT molecular complexity index is 2440. The summed E-state index contributed by atoms with van der Waals surface area (Å²) in [5, 5.41) is 5.67. The molecule has 0 radical (unpaired) electrons. The Balaban J connectivity index is 1.00. The lowest BCUT2D eigenvalue weighted by Crippen LogP contribution is -2.52. The van der Waals surface area contributed by atoms with Gasteiger partial charge in [-0.05, 0) is 127 Å². The van der Waals surface area contributed by atoms with E-state index in [0.717, 1.165) is 78.3 Å². The lowest BCUT2D eigenvalue weighted by molar-refractivity contribution is -0.136. The molecule has 0 aliphatic carbocycles. The second-order valence-electron chi connectivity index (χ2n) is 21.3. The molecule has 0 saturated carbocycles. The van der Waals surface area contributed by atoms with Gasteiger partial charge < -0.3 is 39.9 Å². The Morgan fingerprint density at radius 3 is 1.50 bits per heavy atom. The van der Waals surface area contributed by atoms with E-state index < -0.39 is 35.5 Å². The van der Waals surface area contributed by atoms with Crippen molar-refractivity contribution in [3.8, 4) is 33.6 Å². The molecular formula is C51H69N9O6. The number of benzene rings is 2. The molecule has 3 fully saturated rings. The zero-order valence-corrected chi connectivity index (χ0v) is 40.6. The van der Waals surface area contributed by atoms with Gasteiger partial charge >= 0.3 is 12.2 Å². The van der Waals surface area contributed by atoms with Crippen LogP contribution in [0.15, 0.2) is 48.8 Å². The van der Waals surface area contributed by atoms with Crippen LogP contribution in [-0.4, -0.2) is 102 Å². The van der Waals surface area contributed by atoms with Gasteiger partial charge in [-0.2, -0.15) is 0 Å². The van der Waals surface area contributed by atoms with E-state index in [2.05, 4.69) is 68.9 Å². The number of fused-ring (bicyclic) bond motifs is 5. The van der Waals surface area contributed by atoms with Crippen LogP contribution in [0, 0.1) is 11.8 Å². The number of rotatable bonds is 11. The zero-order chi connectivity index (χ0) is 47.4. The van der Waals surface area contributed by atoms with Crippen LogP contribution in [0.5, 0.6) is 0 Å². The lowest BCUT2D eigenvalue weighted by atomic mass is 9.82. The third kappa shape index (κ3) is 9.45. The van der Waals surface area contributed by atoms with Crippen LogP contribution >= 0.6 is 0 Å². The van der Waals surface area contributed by atoms with Crippen LogP contribution in [0.3, 0.4) is 0 Å². The summed E-state index contributed by atoms with van der Waals surface area (Å²) < 4.78 is 11.0. The number of hydrogen-bond donors (Lipinski definition) is 4. The van der Waals surface area contributed by atoms with Gasteiger partial charge in [0.25, 0.3) is 0 Å². The summed E-state index contributed by atoms with van der Waals surface area (Å²) in [7, 11) is 2.23. The van der Waals surface area contributed by atoms with Crippen LogP contribution < -0.4 is 10.6 Å². The fourth-order valence-corrected chi connectivity index (χ4v) is 10.5. The molecule has 0 spiro atoms. The highest BCUT2D eigenvalue weighted by atomic mass is 16.6. The average Bonchev–Trinajstić information content (AvgIpc) is 4.11. The first-order valence-corrected chi connectivity index (χ1v) is 23.9. The molecule has 4 aromatic rings. The summed E-state index contributed by atoms with van der Waals surface area (Å²) in [4.78, 5) is 76.5. The Hall–Kier alpha value is -5.70. The van der Waals surface area contributed by atoms with Crippen molar-refractivity contribution < 1.29 is 28.7 Å². The zero-order valence-electron chi connectivity index (χ0n) is 40.6. The number of carbonyl (C=O) groups excluding carboxylic acids is 4. The van der Waals surface area contributed by atoms with Crippen molar-refractivity contribution in [2.24, 2.45) is 11.8 Å². The number of nitrogens with one attached hydrogen (secondary N) is 4. The molecule has 6 atom stereocenters. The average molecular weight is 904 g/mol. The molecule has 6 heterocycles. The van der Waals surface area contributed by atoms with Gasteiger partial charge in [-0.1, -0.05) is 64.1 Å². The Labute approximate surface area is 389 Å². The summed E-state index contributed by atoms with van der Waals surface area (Å²) in [5.74, 6) is 0.967. The van der Waals surface area contributed by atoms with Crippen LogP contribution in [0.4, 0.5) is 9.59 Å². The number of H-pyrrole nitrogens is 2. The maximum Gasteiger partial charge on any atom is 0.408 e. The van der Waals surface area contributed by atoms with Gasteiger partial charge in [-0.15, -0.1) is 0 Å². The minimum absolute atomic E-state index is 0.127. The van der Waals surface area contributed by atoms with Crippen LogP contribution in [-0.2, 0) is 19.1 Å². The van der Waals surface area contributed by atoms with Crippen LogP contribution in [0.1, 0.15) is 155 Å². The molecule has 4 N–H and O–H groups in total. The summed E-state index contributed by atoms with van der Waals surface area (Å²) in [5.41, 5.74) is 7.64. The number of likely N-dealkylation sites (tertiary alicyclic amines) is 2. The smallest absolute Gasteiger partial charge is 0.408 e. The topological polar surface area (TPSA) is 178 Å². The van der Waals surface area contributed by atoms with E-state index in [1.165, 1.54) is 16.7 Å². The Kier molecular flexibility index (Phi) is 12.9. The summed E-state index contributed by atoms with van der Waals surface area (Å²) >= 11 is 0. The van der Waals surface area contributed by atoms with E-state index in [-0.39, 0.29) is 41.8 Å². The minimum atomic E-state index is -0.719. The van der Waals surface area contributed by atoms with Crippen LogP contribution in [0.25, 0.3) is 33.6 Å². The summed E-state index contributed by atoms with van der Waals surface area (Å²) in [6, 6.07) is 11.8. The van der Waals surface area contributed by atoms with E-state index in [0.29, 0.717) is 19.1 Å². The molecule has 4 aliphatic rings. The molecular weight excluding hydrogens is 835 g/mol. The molecule has 15 heteroatoms. The highest BCUT2D eigenvalue weighted by molar-refractivity contribution is 5.87. The van der Waals surface area contributed by atoms with Crippen LogP contribution in [0.2, 0.25) is 0 Å². The molecule has 3 saturated heterocycles. The van der Waals surface area contributed by atoms with Crippen molar-refractivity contribution in [2.75, 3.05) is 20.1 Å². The van der Waals surface area contributed by atoms with Crippen molar-refractivity contribution in [2.45, 2.75) is 155 Å². The fourth-order valence-electron chi connectivity index (χ4n) is 10.5. The van der Waals surface area contributed by atoms with Gasteiger partial charge in [0, 0.05) is 30.7 Å². The van der Waals surface area contributed by atoms with Crippen molar-refractivity contribution in [1.29, 1.82) is 0 Å². The molecule has 2 aromatic heterocycles. The molecule has 4 amide bonds. The predicted octanol–water partition coefficient (Wildman–Crippen LogP) is 9.38. The number of nitrogens with zero attached hydrogens (tertiary/aromatic N) is 5. The number of alkyl carbamates (subject to hydrolysis) is 2. The molecule has 2 unspecified atom stereocenters. The lowest BCUT2D eigenvalue weighted by Gasteiger charge is -2.31. The Morgan fingerprint density at radius 1 is 0.606 bits per heavy atom. The van der Waals surface area contributed by atoms with E-state index >= 15 is 0 Å². The van der Waals surface area contributed by atoms with Crippen molar-refractivity contribution in [1.82, 2.24) is 45.3 Å². The van der Waals surface area contributed by atoms with E-state index in [9.17, 15) is 19.2 Å². The van der Waals surface area contributed by atoms with Gasteiger partial charge in [-0.3, -0.25) is 14.5 Å². The number of aromatic nitrogens is 4. The van der Waals surface area contributed by atoms with E-state index in [1.54, 1.807) is 20.8 Å². The molecule has 8 rings (SSSR count). The van der Waals surface area contributed by atoms with Gasteiger partial charge in [0.1, 0.15) is 34.9 Å². The maximum atomic E-state index is 14.1. The molecule has 2 aromatic carbocycles. The molecule has 66 heavy (non-hydrogen) atoms. The highest BCUT2D eigenvalue weighted by Gasteiger charge is 2.45. The van der Waals surface area contributed by atoms with Crippen molar-refractivity contribution in [3.05, 3.63) is 71.6 Å². The fraction of sp³-hybridized carbons (Fsp3) is 0.569. The summed E-state index contributed by atoms with van der Waals surface area (Å²) in [6.07, 6.45) is 7.98. The van der Waals surface area contributed by atoms with E-state index in [4.69, 9.17) is 19.4 Å². The summed E-state index contributed by atoms with van der Waals surface area (Å²) in [6.45, 7) is 19.7. The first-order valence-electron chi connectivity index (χ1n) is 23.9. The molecule has 15 nitrogen and oxygen atoms in total. The number of amides is 4. The second kappa shape index (κ2) is 18.2. The highest BCUT2D eigenvalue weighted by Crippen LogP contribution is 2.57. The normalized spacial score (nSPS) is 21.7. The third-order valence-corrected chi connectivity index (χ3v) is 13.6. The minimum Gasteiger partial charge on any atom is -0.444 e. The van der Waals surface area contributed by atoms with Gasteiger partial charge in [0.05, 0.1) is 35.9 Å². The van der Waals surface area contributed by atoms with Crippen molar-refractivity contribution in [3.63, 3.8) is 0 Å². The number of imidazole rings is 2. The second-order valence-corrected chi connectivity index (χ2v) is 21.3. The van der Waals surface area contributed by atoms with Gasteiger partial charge in [-0.25, -0.2) is 19.6 Å². The van der Waals surface area contributed by atoms with Gasteiger partial charge in [0.2, 0.25) is 11.8 Å². The quantitative estimate of drug-likeness (QED) is 0.114. The molecule has 354 valence electrons. The Morgan fingerprint density at radius 2 is 1.03 bits per heavy atom. The van der Waals surface area contributed by atoms with Crippen molar-refractivity contribution >= 4 is 24.0 Å². The third-order valence-electron chi connectivity index (χ3n) is 13.6. The monoisotopic (exact) mass is 904 g/mol. The molecule has 2 bridgehead atoms. The number of ether oxygens (including phenoxy) is 2. The number of carbonyl (C=O) groups is 4. The number of hydrogen-bond acceptors (Lipinski definition) is 9. The number of aromatic amines is 2. The van der Waals surface area contributed by atoms with E-state index in [1.807, 2.05) is 70.7 Å².